The number of piperazine rings is 1. The third-order valence-corrected chi connectivity index (χ3v) is 5.33. The Morgan fingerprint density at radius 2 is 2.00 bits per heavy atom. The van der Waals surface area contributed by atoms with Gasteiger partial charge in [0.15, 0.2) is 5.11 Å². The molecule has 0 saturated carbocycles. The number of hydrogen-bond acceptors (Lipinski definition) is 6. The molecule has 27 heavy (non-hydrogen) atoms. The lowest BCUT2D eigenvalue weighted by atomic mass is 10.1. The number of aromatic nitrogens is 2. The van der Waals surface area contributed by atoms with E-state index in [1.54, 1.807) is 12.3 Å². The highest BCUT2D eigenvalue weighted by molar-refractivity contribution is 7.80. The summed E-state index contributed by atoms with van der Waals surface area (Å²) >= 11 is 11.8. The van der Waals surface area contributed by atoms with Crippen LogP contribution in [0.3, 0.4) is 0 Å². The lowest BCUT2D eigenvalue weighted by molar-refractivity contribution is 0.380. The van der Waals surface area contributed by atoms with Gasteiger partial charge in [0.25, 0.3) is 0 Å². The molecule has 140 valence electrons. The molecular weight excluding hydrogens is 382 g/mol. The fraction of sp³-hybridized carbons (Fsp3) is 0.333. The second-order valence-electron chi connectivity index (χ2n) is 6.33. The van der Waals surface area contributed by atoms with Crippen LogP contribution >= 0.6 is 23.8 Å². The number of anilines is 2. The third-order valence-electron chi connectivity index (χ3n) is 4.66. The summed E-state index contributed by atoms with van der Waals surface area (Å²) in [6.45, 7) is 4.18. The summed E-state index contributed by atoms with van der Waals surface area (Å²) in [6, 6.07) is 7.74. The molecule has 0 radical (unpaired) electrons. The van der Waals surface area contributed by atoms with E-state index in [-0.39, 0.29) is 0 Å². The van der Waals surface area contributed by atoms with E-state index >= 15 is 0 Å². The van der Waals surface area contributed by atoms with Gasteiger partial charge in [0.2, 0.25) is 0 Å². The Morgan fingerprint density at radius 1 is 1.15 bits per heavy atom. The number of hydrogen-bond donors (Lipinski definition) is 2. The van der Waals surface area contributed by atoms with Crippen LogP contribution < -0.4 is 15.6 Å². The second kappa shape index (κ2) is 8.06. The van der Waals surface area contributed by atoms with Crippen LogP contribution in [0.1, 0.15) is 12.1 Å². The quantitative estimate of drug-likeness (QED) is 0.591. The topological polar surface area (TPSA) is 68.7 Å². The van der Waals surface area contributed by atoms with Crippen LogP contribution in [-0.2, 0) is 0 Å². The monoisotopic (exact) mass is 401 g/mol. The molecule has 2 aromatic heterocycles. The van der Waals surface area contributed by atoms with Gasteiger partial charge in [-0.3, -0.25) is 10.4 Å². The Morgan fingerprint density at radius 3 is 2.78 bits per heavy atom. The summed E-state index contributed by atoms with van der Waals surface area (Å²) in [5.74, 6) is 1.01. The molecule has 0 atom stereocenters. The number of fused-ring (bicyclic) bond motifs is 1. The first-order valence-corrected chi connectivity index (χ1v) is 9.67. The lowest BCUT2D eigenvalue weighted by Gasteiger charge is -2.36. The summed E-state index contributed by atoms with van der Waals surface area (Å²) in [5.41, 5.74) is 5.51. The Kier molecular flexibility index (Phi) is 5.35. The van der Waals surface area contributed by atoms with E-state index in [1.807, 2.05) is 24.4 Å². The van der Waals surface area contributed by atoms with Gasteiger partial charge in [0, 0.05) is 51.5 Å². The van der Waals surface area contributed by atoms with E-state index in [0.717, 1.165) is 62.1 Å². The molecule has 7 nitrogen and oxygen atoms in total. The van der Waals surface area contributed by atoms with Gasteiger partial charge >= 0.3 is 0 Å². The number of nitrogens with zero attached hydrogens (tertiary/aromatic N) is 5. The maximum Gasteiger partial charge on any atom is 0.189 e. The van der Waals surface area contributed by atoms with Crippen LogP contribution in [0.2, 0.25) is 5.02 Å². The van der Waals surface area contributed by atoms with E-state index in [2.05, 4.69) is 35.6 Å². The largest absolute Gasteiger partial charge is 0.382 e. The second-order valence-corrected chi connectivity index (χ2v) is 7.12. The van der Waals surface area contributed by atoms with Crippen molar-refractivity contribution < 1.29 is 0 Å². The van der Waals surface area contributed by atoms with Crippen molar-refractivity contribution in [3.05, 3.63) is 47.4 Å². The maximum atomic E-state index is 6.23. The molecule has 1 fully saturated rings. The summed E-state index contributed by atoms with van der Waals surface area (Å²) in [4.78, 5) is 13.2. The Hall–Kier alpha value is -2.45. The van der Waals surface area contributed by atoms with Crippen molar-refractivity contribution in [2.24, 2.45) is 5.10 Å². The van der Waals surface area contributed by atoms with Crippen molar-refractivity contribution in [3.8, 4) is 0 Å². The van der Waals surface area contributed by atoms with Crippen molar-refractivity contribution in [1.82, 2.24) is 20.3 Å². The smallest absolute Gasteiger partial charge is 0.189 e. The highest BCUT2D eigenvalue weighted by Crippen LogP contribution is 2.28. The molecule has 0 aliphatic carbocycles. The standard InChI is InChI=1S/C18H20ClN7S/c19-13-4-7-22-17-14(5-8-21-16(13)17)23-24-18(27)26-11-9-25(10-12-26)15-3-1-2-6-20-15/h1-4,6-7,21H,5,8-12H2,(H,24,27)/b23-14-. The van der Waals surface area contributed by atoms with Crippen molar-refractivity contribution >= 4 is 46.1 Å². The average molecular weight is 402 g/mol. The predicted octanol–water partition coefficient (Wildman–Crippen LogP) is 2.35. The number of thiocarbonyl (C=S) groups is 1. The van der Waals surface area contributed by atoms with Crippen molar-refractivity contribution in [1.29, 1.82) is 0 Å². The number of pyridine rings is 2. The first kappa shape index (κ1) is 17.9. The van der Waals surface area contributed by atoms with E-state index in [9.17, 15) is 0 Å². The minimum Gasteiger partial charge on any atom is -0.382 e. The molecule has 0 amide bonds. The third kappa shape index (κ3) is 3.96. The number of rotatable bonds is 2. The van der Waals surface area contributed by atoms with Crippen molar-refractivity contribution in [2.75, 3.05) is 42.9 Å². The average Bonchev–Trinajstić information content (AvgIpc) is 2.73. The molecule has 0 spiro atoms. The number of nitrogens with one attached hydrogen (secondary N) is 2. The van der Waals surface area contributed by atoms with Crippen molar-refractivity contribution in [2.45, 2.75) is 6.42 Å². The van der Waals surface area contributed by atoms with Crippen LogP contribution in [0, 0.1) is 0 Å². The van der Waals surface area contributed by atoms with Gasteiger partial charge in [-0.05, 0) is 30.4 Å². The normalized spacial score (nSPS) is 18.0. The molecule has 4 heterocycles. The first-order chi connectivity index (χ1) is 13.2. The van der Waals surface area contributed by atoms with Crippen molar-refractivity contribution in [3.63, 3.8) is 0 Å². The number of hydrazone groups is 1. The van der Waals surface area contributed by atoms with Crippen LogP contribution in [-0.4, -0.2) is 58.4 Å². The van der Waals surface area contributed by atoms with Gasteiger partial charge in [0.1, 0.15) is 11.5 Å². The predicted molar refractivity (Wildman–Crippen MR) is 113 cm³/mol. The minimum atomic E-state index is 0.630. The maximum absolute atomic E-state index is 6.23. The van der Waals surface area contributed by atoms with Gasteiger partial charge < -0.3 is 15.1 Å². The summed E-state index contributed by atoms with van der Waals surface area (Å²) in [5, 5.41) is 9.07. The molecule has 0 bridgehead atoms. The zero-order valence-electron chi connectivity index (χ0n) is 14.7. The molecule has 2 N–H and O–H groups in total. The van der Waals surface area contributed by atoms with Crippen LogP contribution in [0.4, 0.5) is 11.5 Å². The van der Waals surface area contributed by atoms with Gasteiger partial charge in [0.05, 0.1) is 16.4 Å². The van der Waals surface area contributed by atoms with E-state index < -0.39 is 0 Å². The zero-order valence-corrected chi connectivity index (χ0v) is 16.3. The van der Waals surface area contributed by atoms with E-state index in [4.69, 9.17) is 23.8 Å². The zero-order chi connectivity index (χ0) is 18.6. The van der Waals surface area contributed by atoms with E-state index in [1.165, 1.54) is 0 Å². The van der Waals surface area contributed by atoms with Crippen LogP contribution in [0.5, 0.6) is 0 Å². The molecule has 1 saturated heterocycles. The Bertz CT molecular complexity index is 850. The molecule has 2 aliphatic heterocycles. The molecular formula is C18H20ClN7S. The van der Waals surface area contributed by atoms with Gasteiger partial charge in [-0.2, -0.15) is 5.10 Å². The first-order valence-electron chi connectivity index (χ1n) is 8.88. The molecule has 9 heteroatoms. The van der Waals surface area contributed by atoms with Gasteiger partial charge in [-0.15, -0.1) is 0 Å². The molecule has 2 aliphatic rings. The fourth-order valence-corrected chi connectivity index (χ4v) is 3.66. The van der Waals surface area contributed by atoms with Gasteiger partial charge in [-0.25, -0.2) is 4.98 Å². The molecule has 0 aromatic carbocycles. The minimum absolute atomic E-state index is 0.630. The Balaban J connectivity index is 1.37. The summed E-state index contributed by atoms with van der Waals surface area (Å²) in [7, 11) is 0. The van der Waals surface area contributed by atoms with Crippen LogP contribution in [0.15, 0.2) is 41.8 Å². The Labute approximate surface area is 168 Å². The van der Waals surface area contributed by atoms with Crippen LogP contribution in [0.25, 0.3) is 0 Å². The fourth-order valence-electron chi connectivity index (χ4n) is 3.22. The molecule has 4 rings (SSSR count). The highest BCUT2D eigenvalue weighted by atomic mass is 35.5. The highest BCUT2D eigenvalue weighted by Gasteiger charge is 2.21. The molecule has 0 unspecified atom stereocenters. The molecule has 2 aromatic rings. The summed E-state index contributed by atoms with van der Waals surface area (Å²) in [6.07, 6.45) is 4.28. The van der Waals surface area contributed by atoms with E-state index in [0.29, 0.717) is 10.1 Å². The summed E-state index contributed by atoms with van der Waals surface area (Å²) < 4.78 is 0. The lowest BCUT2D eigenvalue weighted by Crippen LogP contribution is -2.51. The SMILES string of the molecule is S=C(N/N=C1/CCNc2c(Cl)ccnc21)N1CCN(c2ccccn2)CC1. The van der Waals surface area contributed by atoms with Gasteiger partial charge in [-0.1, -0.05) is 17.7 Å². The number of halogens is 1.